The molecule has 0 fully saturated rings. The van der Waals surface area contributed by atoms with Crippen LogP contribution >= 0.6 is 0 Å². The van der Waals surface area contributed by atoms with Gasteiger partial charge in [-0.05, 0) is 17.2 Å². The van der Waals surface area contributed by atoms with Crippen LogP contribution in [0.25, 0.3) is 0 Å². The van der Waals surface area contributed by atoms with Gasteiger partial charge in [-0.15, -0.1) is 0 Å². The van der Waals surface area contributed by atoms with Crippen LogP contribution in [-0.2, 0) is 12.0 Å². The number of allylic oxidation sites excluding steroid dienone is 2. The molecule has 0 saturated heterocycles. The zero-order valence-electron chi connectivity index (χ0n) is 17.2. The van der Waals surface area contributed by atoms with E-state index in [1.54, 1.807) is 0 Å². The average Bonchev–Trinajstić information content (AvgIpc) is 2.79. The summed E-state index contributed by atoms with van der Waals surface area (Å²) in [6.07, 6.45) is 4.39. The first-order chi connectivity index (χ1) is 13.2. The predicted molar refractivity (Wildman–Crippen MR) is 110 cm³/mol. The zero-order valence-corrected chi connectivity index (χ0v) is 19.7. The summed E-state index contributed by atoms with van der Waals surface area (Å²) >= 11 is -9.19. The molecule has 166 valence electrons. The molecule has 3 rings (SSSR count). The second kappa shape index (κ2) is 9.46. The van der Waals surface area contributed by atoms with E-state index in [-0.39, 0.29) is 10.1 Å². The predicted octanol–water partition coefficient (Wildman–Crippen LogP) is 2.94. The molecule has 2 aromatic carbocycles. The number of hydrogen-bond donors (Lipinski definition) is 0. The normalized spacial score (nSPS) is 17.0. The Morgan fingerprint density at radius 2 is 1.40 bits per heavy atom. The van der Waals surface area contributed by atoms with Gasteiger partial charge in [0.2, 0.25) is 0 Å². The van der Waals surface area contributed by atoms with E-state index in [1.165, 1.54) is 22.5 Å². The van der Waals surface area contributed by atoms with Crippen molar-refractivity contribution in [3.05, 3.63) is 77.5 Å². The summed E-state index contributed by atoms with van der Waals surface area (Å²) in [5, 5.41) is 0. The van der Waals surface area contributed by atoms with Gasteiger partial charge < -0.3 is 9.60 Å². The molecule has 9 heteroatoms. The molecule has 0 amide bonds. The Morgan fingerprint density at radius 1 is 0.900 bits per heavy atom. The van der Waals surface area contributed by atoms with E-state index in [1.807, 2.05) is 0 Å². The summed E-state index contributed by atoms with van der Waals surface area (Å²) < 4.78 is 51.6. The van der Waals surface area contributed by atoms with Crippen LogP contribution < -0.4 is 9.60 Å². The molecule has 30 heavy (non-hydrogen) atoms. The van der Waals surface area contributed by atoms with E-state index in [0.29, 0.717) is 0 Å². The Morgan fingerprint density at radius 3 is 1.93 bits per heavy atom. The molecule has 0 unspecified atom stereocenters. The molecular formula is C21H25F6N2Sb. The molecular weight excluding hydrogens is 516 g/mol. The van der Waals surface area contributed by atoms with Gasteiger partial charge in [0.25, 0.3) is 0 Å². The summed E-state index contributed by atoms with van der Waals surface area (Å²) in [6, 6.07) is 19.4. The van der Waals surface area contributed by atoms with Crippen molar-refractivity contribution in [1.29, 1.82) is 0 Å². The van der Waals surface area contributed by atoms with Crippen LogP contribution in [0.5, 0.6) is 0 Å². The van der Waals surface area contributed by atoms with Crippen LogP contribution in [0.1, 0.15) is 25.0 Å². The summed E-state index contributed by atoms with van der Waals surface area (Å²) in [5.41, 5.74) is 5.40. The van der Waals surface area contributed by atoms with Crippen molar-refractivity contribution >= 4 is 32.2 Å². The van der Waals surface area contributed by atoms with Gasteiger partial charge in [0.1, 0.15) is 14.1 Å². The van der Waals surface area contributed by atoms with Gasteiger partial charge in [0.15, 0.2) is 6.21 Å². The van der Waals surface area contributed by atoms with E-state index in [9.17, 15) is 14.1 Å². The van der Waals surface area contributed by atoms with Crippen LogP contribution in [0.2, 0.25) is 0 Å². The van der Waals surface area contributed by atoms with Crippen molar-refractivity contribution in [1.82, 2.24) is 0 Å². The first kappa shape index (κ1) is 26.1. The summed E-state index contributed by atoms with van der Waals surface area (Å²) in [6.45, 7) is 5.52. The molecule has 1 aliphatic heterocycles. The van der Waals surface area contributed by atoms with Crippen molar-refractivity contribution in [2.45, 2.75) is 25.8 Å². The SMILES string of the molecule is C[N+](C)=CC=C1N(Cc2ccccc2)c2ccccc2C1(C)C.[F-].[F][Sb]([F])([F])([F])[F]. The Hall–Kier alpha value is -1.95. The third-order valence-electron chi connectivity index (χ3n) is 4.51. The topological polar surface area (TPSA) is 6.25 Å². The fraction of sp³-hybridized carbons (Fsp3) is 0.286. The maximum atomic E-state index is 9.91. The van der Waals surface area contributed by atoms with Gasteiger partial charge in [-0.3, -0.25) is 0 Å². The van der Waals surface area contributed by atoms with E-state index in [4.69, 9.17) is 0 Å². The molecule has 2 aromatic rings. The van der Waals surface area contributed by atoms with Crippen molar-refractivity contribution < 1.29 is 23.3 Å². The molecule has 1 aliphatic rings. The molecule has 0 aliphatic carbocycles. The number of para-hydroxylation sites is 1. The average molecular weight is 541 g/mol. The van der Waals surface area contributed by atoms with Gasteiger partial charge in [0, 0.05) is 29.4 Å². The van der Waals surface area contributed by atoms with E-state index < -0.39 is 20.3 Å². The fourth-order valence-electron chi connectivity index (χ4n) is 3.30. The molecule has 2 nitrogen and oxygen atoms in total. The Balaban J connectivity index is 0.000000567. The Bertz CT molecular complexity index is 897. The standard InChI is InChI=1S/C21H25N2.6FH.Sb/c1-21(2)18-12-8-9-13-19(18)23(20(21)14-15-22(3)4)16-17-10-6-5-7-11-17;;;;;;;/h5-15H,16H2,1-4H3;6*1H;/q+1;;;;;;;+5/p-6. The third kappa shape index (κ3) is 7.71. The molecule has 1 heterocycles. The number of fused-ring (bicyclic) bond motifs is 1. The summed E-state index contributed by atoms with van der Waals surface area (Å²) in [7, 11) is 4.13. The molecule has 0 aromatic heterocycles. The van der Waals surface area contributed by atoms with Crippen molar-refractivity contribution in [2.75, 3.05) is 19.0 Å². The second-order valence-corrected chi connectivity index (χ2v) is 11.2. The van der Waals surface area contributed by atoms with Gasteiger partial charge in [-0.2, -0.15) is 0 Å². The maximum absolute atomic E-state index is 9.91. The van der Waals surface area contributed by atoms with Crippen molar-refractivity contribution in [3.63, 3.8) is 0 Å². The van der Waals surface area contributed by atoms with Gasteiger partial charge in [-0.1, -0.05) is 62.4 Å². The van der Waals surface area contributed by atoms with Gasteiger partial charge in [0.05, 0.1) is 0 Å². The van der Waals surface area contributed by atoms with E-state index in [2.05, 4.69) is 104 Å². The van der Waals surface area contributed by atoms with Crippen LogP contribution in [0.4, 0.5) is 19.8 Å². The Labute approximate surface area is 177 Å². The minimum atomic E-state index is -9.19. The van der Waals surface area contributed by atoms with Crippen LogP contribution in [0.3, 0.4) is 0 Å². The van der Waals surface area contributed by atoms with Crippen molar-refractivity contribution in [2.24, 2.45) is 0 Å². The van der Waals surface area contributed by atoms with Crippen LogP contribution in [0.15, 0.2) is 66.4 Å². The molecule has 0 bridgehead atoms. The van der Waals surface area contributed by atoms with Gasteiger partial charge >= 0.3 is 34.4 Å². The van der Waals surface area contributed by atoms with Crippen LogP contribution in [0, 0.1) is 0 Å². The third-order valence-corrected chi connectivity index (χ3v) is 4.51. The number of rotatable bonds is 3. The van der Waals surface area contributed by atoms with E-state index in [0.717, 1.165) is 6.54 Å². The first-order valence-electron chi connectivity index (χ1n) is 8.97. The molecule has 0 saturated carbocycles. The molecule has 0 radical (unpaired) electrons. The van der Waals surface area contributed by atoms with Crippen LogP contribution in [-0.4, -0.2) is 45.2 Å². The second-order valence-electron chi connectivity index (χ2n) is 7.52. The molecule has 0 N–H and O–H groups in total. The number of benzene rings is 2. The molecule has 0 spiro atoms. The number of anilines is 1. The quantitative estimate of drug-likeness (QED) is 0.251. The number of hydrogen-bond acceptors (Lipinski definition) is 1. The van der Waals surface area contributed by atoms with Crippen molar-refractivity contribution in [3.8, 4) is 0 Å². The minimum absolute atomic E-state index is 0. The van der Waals surface area contributed by atoms with E-state index >= 15 is 0 Å². The first-order valence-corrected chi connectivity index (χ1v) is 13.8. The Kier molecular flexibility index (Phi) is 8.22. The zero-order chi connectivity index (χ0) is 21.9. The summed E-state index contributed by atoms with van der Waals surface area (Å²) in [4.78, 5) is 2.45. The van der Waals surface area contributed by atoms with Gasteiger partial charge in [-0.25, -0.2) is 4.58 Å². The fourth-order valence-corrected chi connectivity index (χ4v) is 3.30. The summed E-state index contributed by atoms with van der Waals surface area (Å²) in [5.74, 6) is 0. The molecule has 0 atom stereocenters. The number of halogens is 6. The monoisotopic (exact) mass is 540 g/mol. The number of nitrogens with zero attached hydrogens (tertiary/aromatic N) is 2.